The van der Waals surface area contributed by atoms with Crippen molar-refractivity contribution in [3.63, 3.8) is 0 Å². The molecular formula is C7H16S2. The van der Waals surface area contributed by atoms with Crippen LogP contribution < -0.4 is 0 Å². The summed E-state index contributed by atoms with van der Waals surface area (Å²) in [5.74, 6) is 1.24. The van der Waals surface area contributed by atoms with E-state index in [2.05, 4.69) is 20.8 Å². The van der Waals surface area contributed by atoms with Crippen LogP contribution in [0.3, 0.4) is 0 Å². The van der Waals surface area contributed by atoms with Gasteiger partial charge in [-0.1, -0.05) is 42.4 Å². The summed E-state index contributed by atoms with van der Waals surface area (Å²) >= 11 is 0. The fourth-order valence-corrected chi connectivity index (χ4v) is 2.99. The van der Waals surface area contributed by atoms with Gasteiger partial charge in [0, 0.05) is 11.0 Å². The molecule has 0 aliphatic carbocycles. The molecule has 0 bridgehead atoms. The first kappa shape index (κ1) is 9.70. The highest BCUT2D eigenvalue weighted by Gasteiger charge is 2.01. The van der Waals surface area contributed by atoms with Gasteiger partial charge in [0.15, 0.2) is 0 Å². The highest BCUT2D eigenvalue weighted by atomic mass is 33.1. The Morgan fingerprint density at radius 1 is 1.11 bits per heavy atom. The Kier molecular flexibility index (Phi) is 7.34. The van der Waals surface area contributed by atoms with E-state index in [0.29, 0.717) is 0 Å². The minimum Gasteiger partial charge on any atom is -0.0942 e. The van der Waals surface area contributed by atoms with Gasteiger partial charge in [-0.2, -0.15) is 0 Å². The van der Waals surface area contributed by atoms with E-state index in [1.54, 1.807) is 0 Å². The van der Waals surface area contributed by atoms with Gasteiger partial charge in [0.1, 0.15) is 0 Å². The van der Waals surface area contributed by atoms with Crippen LogP contribution in [0.25, 0.3) is 0 Å². The molecule has 0 spiro atoms. The van der Waals surface area contributed by atoms with Crippen molar-refractivity contribution in [1.82, 2.24) is 0 Å². The van der Waals surface area contributed by atoms with E-state index in [4.69, 9.17) is 0 Å². The quantitative estimate of drug-likeness (QED) is 0.570. The molecular weight excluding hydrogens is 148 g/mol. The van der Waals surface area contributed by atoms with Crippen molar-refractivity contribution in [2.24, 2.45) is 0 Å². The zero-order valence-corrected chi connectivity index (χ0v) is 8.15. The zero-order chi connectivity index (χ0) is 7.11. The van der Waals surface area contributed by atoms with E-state index in [0.717, 1.165) is 5.25 Å². The van der Waals surface area contributed by atoms with Crippen molar-refractivity contribution in [1.29, 1.82) is 0 Å². The van der Waals surface area contributed by atoms with Crippen molar-refractivity contribution in [3.05, 3.63) is 0 Å². The zero-order valence-electron chi connectivity index (χ0n) is 6.52. The lowest BCUT2D eigenvalue weighted by atomic mass is 10.3. The van der Waals surface area contributed by atoms with Gasteiger partial charge in [0.2, 0.25) is 0 Å². The minimum atomic E-state index is 0.884. The SMILES string of the molecule is CCSSC(CC)CC. The van der Waals surface area contributed by atoms with Gasteiger partial charge in [-0.3, -0.25) is 0 Å². The molecule has 0 nitrogen and oxygen atoms in total. The summed E-state index contributed by atoms with van der Waals surface area (Å²) in [6, 6.07) is 0. The predicted molar refractivity (Wildman–Crippen MR) is 50.1 cm³/mol. The lowest BCUT2D eigenvalue weighted by Crippen LogP contribution is -1.94. The third-order valence-electron chi connectivity index (χ3n) is 1.23. The summed E-state index contributed by atoms with van der Waals surface area (Å²) in [6.45, 7) is 6.73. The number of hydrogen-bond donors (Lipinski definition) is 0. The Morgan fingerprint density at radius 2 is 1.67 bits per heavy atom. The molecule has 0 saturated heterocycles. The standard InChI is InChI=1S/C7H16S2/c1-4-7(5-2)9-8-6-3/h7H,4-6H2,1-3H3. The fraction of sp³-hybridized carbons (Fsp3) is 1.00. The molecule has 0 aliphatic heterocycles. The molecule has 0 heterocycles. The van der Waals surface area contributed by atoms with Gasteiger partial charge in [-0.15, -0.1) is 0 Å². The maximum Gasteiger partial charge on any atom is 0.0146 e. The second-order valence-electron chi connectivity index (χ2n) is 1.94. The second-order valence-corrected chi connectivity index (χ2v) is 4.90. The molecule has 0 fully saturated rings. The van der Waals surface area contributed by atoms with Crippen molar-refractivity contribution >= 4 is 21.6 Å². The largest absolute Gasteiger partial charge is 0.0942 e. The fourth-order valence-electron chi connectivity index (χ4n) is 0.589. The average molecular weight is 164 g/mol. The summed E-state index contributed by atoms with van der Waals surface area (Å²) in [7, 11) is 4.02. The van der Waals surface area contributed by atoms with E-state index in [9.17, 15) is 0 Å². The van der Waals surface area contributed by atoms with Crippen molar-refractivity contribution in [3.8, 4) is 0 Å². The Bertz CT molecular complexity index is 50.9. The summed E-state index contributed by atoms with van der Waals surface area (Å²) in [4.78, 5) is 0. The second kappa shape index (κ2) is 6.81. The topological polar surface area (TPSA) is 0 Å². The highest BCUT2D eigenvalue weighted by Crippen LogP contribution is 2.29. The highest BCUT2D eigenvalue weighted by molar-refractivity contribution is 8.76. The Labute approximate surface area is 66.6 Å². The van der Waals surface area contributed by atoms with E-state index in [1.807, 2.05) is 21.6 Å². The molecule has 0 atom stereocenters. The first-order valence-corrected chi connectivity index (χ1v) is 6.01. The van der Waals surface area contributed by atoms with E-state index < -0.39 is 0 Å². The van der Waals surface area contributed by atoms with Crippen LogP contribution in [0.2, 0.25) is 0 Å². The maximum atomic E-state index is 2.26. The molecule has 0 aliphatic rings. The molecule has 0 N–H and O–H groups in total. The molecule has 0 radical (unpaired) electrons. The molecule has 56 valence electrons. The minimum absolute atomic E-state index is 0.884. The monoisotopic (exact) mass is 164 g/mol. The smallest absolute Gasteiger partial charge is 0.0146 e. The van der Waals surface area contributed by atoms with Gasteiger partial charge in [-0.05, 0) is 12.8 Å². The van der Waals surface area contributed by atoms with Crippen molar-refractivity contribution < 1.29 is 0 Å². The Hall–Kier alpha value is 0.700. The Morgan fingerprint density at radius 3 is 2.00 bits per heavy atom. The normalized spacial score (nSPS) is 10.7. The van der Waals surface area contributed by atoms with Gasteiger partial charge >= 0.3 is 0 Å². The van der Waals surface area contributed by atoms with Gasteiger partial charge in [0.05, 0.1) is 0 Å². The lowest BCUT2D eigenvalue weighted by molar-refractivity contribution is 0.797. The molecule has 0 aromatic rings. The van der Waals surface area contributed by atoms with E-state index in [-0.39, 0.29) is 0 Å². The maximum absolute atomic E-state index is 2.26. The van der Waals surface area contributed by atoms with Gasteiger partial charge < -0.3 is 0 Å². The first-order chi connectivity index (χ1) is 4.35. The van der Waals surface area contributed by atoms with Crippen LogP contribution in [-0.2, 0) is 0 Å². The summed E-state index contributed by atoms with van der Waals surface area (Å²) in [5, 5.41) is 0.884. The third-order valence-corrected chi connectivity index (χ3v) is 4.48. The first-order valence-electron chi connectivity index (χ1n) is 3.63. The molecule has 0 saturated carbocycles. The summed E-state index contributed by atoms with van der Waals surface area (Å²) < 4.78 is 0. The predicted octanol–water partition coefficient (Wildman–Crippen LogP) is 3.58. The van der Waals surface area contributed by atoms with Crippen LogP contribution in [-0.4, -0.2) is 11.0 Å². The van der Waals surface area contributed by atoms with Crippen LogP contribution >= 0.6 is 21.6 Å². The number of hydrogen-bond acceptors (Lipinski definition) is 2. The van der Waals surface area contributed by atoms with Crippen LogP contribution in [0.15, 0.2) is 0 Å². The van der Waals surface area contributed by atoms with Crippen LogP contribution in [0, 0.1) is 0 Å². The number of rotatable bonds is 5. The van der Waals surface area contributed by atoms with Crippen LogP contribution in [0.5, 0.6) is 0 Å². The molecule has 0 aromatic heterocycles. The van der Waals surface area contributed by atoms with Gasteiger partial charge in [-0.25, -0.2) is 0 Å². The molecule has 9 heavy (non-hydrogen) atoms. The Balaban J connectivity index is 3.09. The van der Waals surface area contributed by atoms with Crippen molar-refractivity contribution in [2.75, 3.05) is 5.75 Å². The van der Waals surface area contributed by atoms with Crippen molar-refractivity contribution in [2.45, 2.75) is 38.9 Å². The average Bonchev–Trinajstić information content (AvgIpc) is 1.91. The van der Waals surface area contributed by atoms with Gasteiger partial charge in [0.25, 0.3) is 0 Å². The van der Waals surface area contributed by atoms with Crippen LogP contribution in [0.1, 0.15) is 33.6 Å². The summed E-state index contributed by atoms with van der Waals surface area (Å²) in [5.41, 5.74) is 0. The molecule has 0 unspecified atom stereocenters. The molecule has 2 heteroatoms. The summed E-state index contributed by atoms with van der Waals surface area (Å²) in [6.07, 6.45) is 2.63. The molecule has 0 aromatic carbocycles. The van der Waals surface area contributed by atoms with Crippen LogP contribution in [0.4, 0.5) is 0 Å². The lowest BCUT2D eigenvalue weighted by Gasteiger charge is -2.08. The van der Waals surface area contributed by atoms with E-state index in [1.165, 1.54) is 18.6 Å². The molecule has 0 amide bonds. The van der Waals surface area contributed by atoms with E-state index >= 15 is 0 Å². The molecule has 0 rings (SSSR count). The third kappa shape index (κ3) is 5.16.